The molecule has 0 amide bonds. The van der Waals surface area contributed by atoms with Gasteiger partial charge in [0.15, 0.2) is 7.14 Å². The first-order valence-corrected chi connectivity index (χ1v) is 25.8. The van der Waals surface area contributed by atoms with Crippen molar-refractivity contribution in [3.8, 4) is 33.4 Å². The van der Waals surface area contributed by atoms with E-state index in [1.54, 1.807) is 0 Å². The Balaban J connectivity index is 0.981. The second-order valence-electron chi connectivity index (χ2n) is 19.1. The average Bonchev–Trinajstić information content (AvgIpc) is 3.89. The lowest BCUT2D eigenvalue weighted by atomic mass is 9.69. The SMILES string of the molecule is O=P12c3c4cccc3N(c3ccccc3)c3cc(-c5ccc6c7c(ccc6c5)-c5ccccc5C75c6ccccc6-c6ccccc65)cc(c31)N(c1ccccc1)c1cccc(c12)N4c1ccccc1. The fraction of sp³-hybridized carbons (Fsp3) is 0.0154. The Kier molecular flexibility index (Phi) is 7.51. The van der Waals surface area contributed by atoms with Crippen LogP contribution >= 0.6 is 7.14 Å². The Morgan fingerprint density at radius 1 is 0.314 bits per heavy atom. The number of anilines is 9. The van der Waals surface area contributed by atoms with Crippen LogP contribution in [0.4, 0.5) is 51.2 Å². The molecule has 326 valence electrons. The number of para-hydroxylation sites is 3. The van der Waals surface area contributed by atoms with E-state index in [1.165, 1.54) is 55.3 Å². The van der Waals surface area contributed by atoms with Gasteiger partial charge >= 0.3 is 0 Å². The molecule has 11 aromatic rings. The van der Waals surface area contributed by atoms with E-state index in [0.29, 0.717) is 0 Å². The molecule has 0 bridgehead atoms. The molecule has 11 aromatic carbocycles. The molecule has 0 unspecified atom stereocenters. The minimum Gasteiger partial charge on any atom is -0.309 e. The van der Waals surface area contributed by atoms with Crippen molar-refractivity contribution < 1.29 is 4.57 Å². The van der Waals surface area contributed by atoms with Gasteiger partial charge in [-0.1, -0.05) is 164 Å². The van der Waals surface area contributed by atoms with Crippen molar-refractivity contribution in [2.24, 2.45) is 0 Å². The van der Waals surface area contributed by atoms with E-state index in [2.05, 4.69) is 257 Å². The maximum Gasteiger partial charge on any atom is 0.183 e. The molecular weight excluding hydrogens is 870 g/mol. The zero-order valence-electron chi connectivity index (χ0n) is 37.8. The zero-order valence-corrected chi connectivity index (χ0v) is 38.7. The topological polar surface area (TPSA) is 26.8 Å². The molecule has 2 aliphatic carbocycles. The second-order valence-corrected chi connectivity index (χ2v) is 21.6. The molecule has 1 spiro atoms. The van der Waals surface area contributed by atoms with Crippen LogP contribution in [0.15, 0.2) is 243 Å². The smallest absolute Gasteiger partial charge is 0.183 e. The predicted molar refractivity (Wildman–Crippen MR) is 290 cm³/mol. The Labute approximate surface area is 406 Å². The number of hydrogen-bond donors (Lipinski definition) is 0. The van der Waals surface area contributed by atoms with Crippen molar-refractivity contribution in [1.29, 1.82) is 0 Å². The average molecular weight is 910 g/mol. The van der Waals surface area contributed by atoms with Gasteiger partial charge in [0.05, 0.1) is 55.5 Å². The summed E-state index contributed by atoms with van der Waals surface area (Å²) in [5, 5.41) is 5.05. The summed E-state index contributed by atoms with van der Waals surface area (Å²) >= 11 is 0. The molecule has 4 nitrogen and oxygen atoms in total. The van der Waals surface area contributed by atoms with Crippen LogP contribution in [-0.2, 0) is 9.98 Å². The summed E-state index contributed by atoms with van der Waals surface area (Å²) in [6, 6.07) is 88.2. The summed E-state index contributed by atoms with van der Waals surface area (Å²) in [4.78, 5) is 7.06. The van der Waals surface area contributed by atoms with Crippen molar-refractivity contribution in [2.75, 3.05) is 14.7 Å². The molecule has 0 saturated heterocycles. The highest BCUT2D eigenvalue weighted by Crippen LogP contribution is 2.68. The van der Waals surface area contributed by atoms with Gasteiger partial charge in [0, 0.05) is 17.1 Å². The van der Waals surface area contributed by atoms with Gasteiger partial charge in [0.25, 0.3) is 0 Å². The monoisotopic (exact) mass is 909 g/mol. The molecular formula is C65H40N3OP. The summed E-state index contributed by atoms with van der Waals surface area (Å²) in [5.41, 5.74) is 20.9. The molecule has 70 heavy (non-hydrogen) atoms. The minimum atomic E-state index is -3.54. The normalized spacial score (nSPS) is 15.1. The summed E-state index contributed by atoms with van der Waals surface area (Å²) in [6.45, 7) is 0. The molecule has 0 N–H and O–H groups in total. The Bertz CT molecular complexity index is 3940. The number of rotatable bonds is 4. The molecule has 5 heteroatoms. The first-order valence-electron chi connectivity index (χ1n) is 24.1. The van der Waals surface area contributed by atoms with Crippen LogP contribution in [0.2, 0.25) is 0 Å². The lowest BCUT2D eigenvalue weighted by molar-refractivity contribution is 0.592. The molecule has 3 aliphatic heterocycles. The van der Waals surface area contributed by atoms with Crippen LogP contribution in [0.3, 0.4) is 0 Å². The van der Waals surface area contributed by atoms with E-state index in [4.69, 9.17) is 0 Å². The van der Waals surface area contributed by atoms with Gasteiger partial charge in [-0.25, -0.2) is 0 Å². The van der Waals surface area contributed by atoms with E-state index >= 15 is 4.57 Å². The second kappa shape index (κ2) is 13.7. The standard InChI is InChI=1S/C65H40N3OP/c69-70-62-55-30-16-32-57(62)67(45-20-6-2-7-21-45)59-39-43(40-60(64(59)70)68(46-22-8-3-9-23-46)58-33-17-31-56(63(58)70)66(55)44-18-4-1-5-19-44)41-34-36-47-42(38-41)35-37-51-50-26-12-15-29-54(50)65(61(47)51)52-27-13-10-24-48(52)49-25-11-14-28-53(49)65/h1-40H. The molecule has 0 radical (unpaired) electrons. The number of nitrogens with zero attached hydrogens (tertiary/aromatic N) is 3. The molecule has 0 saturated carbocycles. The van der Waals surface area contributed by atoms with E-state index < -0.39 is 12.6 Å². The van der Waals surface area contributed by atoms with Gasteiger partial charge in [0.2, 0.25) is 0 Å². The Morgan fingerprint density at radius 2 is 0.714 bits per heavy atom. The molecule has 0 atom stereocenters. The first-order chi connectivity index (χ1) is 34.6. The minimum absolute atomic E-state index is 0.455. The van der Waals surface area contributed by atoms with Gasteiger partial charge in [0.1, 0.15) is 0 Å². The quantitative estimate of drug-likeness (QED) is 0.164. The molecule has 0 aromatic heterocycles. The summed E-state index contributed by atoms with van der Waals surface area (Å²) < 4.78 is 17.4. The third-order valence-electron chi connectivity index (χ3n) is 15.8. The largest absolute Gasteiger partial charge is 0.309 e. The highest BCUT2D eigenvalue weighted by molar-refractivity contribution is 7.87. The van der Waals surface area contributed by atoms with Crippen LogP contribution < -0.4 is 30.6 Å². The van der Waals surface area contributed by atoms with Crippen LogP contribution in [0.25, 0.3) is 44.2 Å². The lowest BCUT2D eigenvalue weighted by Crippen LogP contribution is -2.47. The van der Waals surface area contributed by atoms with Gasteiger partial charge in [-0.15, -0.1) is 0 Å². The molecule has 3 heterocycles. The van der Waals surface area contributed by atoms with Crippen molar-refractivity contribution in [1.82, 2.24) is 0 Å². The van der Waals surface area contributed by atoms with Crippen LogP contribution in [0.5, 0.6) is 0 Å². The van der Waals surface area contributed by atoms with Crippen molar-refractivity contribution in [3.63, 3.8) is 0 Å². The Hall–Kier alpha value is -8.69. The van der Waals surface area contributed by atoms with E-state index in [1.807, 2.05) is 0 Å². The summed E-state index contributed by atoms with van der Waals surface area (Å²) in [6.07, 6.45) is 0. The Morgan fingerprint density at radius 3 is 1.19 bits per heavy atom. The van der Waals surface area contributed by atoms with Gasteiger partial charge < -0.3 is 19.3 Å². The lowest BCUT2D eigenvalue weighted by Gasteiger charge is -2.49. The van der Waals surface area contributed by atoms with Gasteiger partial charge in [-0.3, -0.25) is 0 Å². The van der Waals surface area contributed by atoms with E-state index in [0.717, 1.165) is 78.2 Å². The van der Waals surface area contributed by atoms with E-state index in [-0.39, 0.29) is 0 Å². The van der Waals surface area contributed by atoms with Crippen molar-refractivity contribution >= 4 is 85.0 Å². The third kappa shape index (κ3) is 4.65. The third-order valence-corrected chi connectivity index (χ3v) is 19.1. The first kappa shape index (κ1) is 38.3. The number of fused-ring (bicyclic) bond motifs is 12. The van der Waals surface area contributed by atoms with Gasteiger partial charge in [-0.05, 0) is 145 Å². The number of hydrogen-bond acceptors (Lipinski definition) is 4. The van der Waals surface area contributed by atoms with Crippen LogP contribution in [0, 0.1) is 0 Å². The highest BCUT2D eigenvalue weighted by atomic mass is 31.2. The van der Waals surface area contributed by atoms with Crippen LogP contribution in [-0.4, -0.2) is 0 Å². The van der Waals surface area contributed by atoms with Crippen molar-refractivity contribution in [2.45, 2.75) is 5.41 Å². The highest BCUT2D eigenvalue weighted by Gasteiger charge is 2.55. The van der Waals surface area contributed by atoms with Crippen LogP contribution in [0.1, 0.15) is 22.3 Å². The fourth-order valence-corrected chi connectivity index (χ4v) is 16.9. The maximum atomic E-state index is 17.4. The molecule has 5 aliphatic rings. The summed E-state index contributed by atoms with van der Waals surface area (Å²) in [7, 11) is -3.54. The van der Waals surface area contributed by atoms with E-state index in [9.17, 15) is 0 Å². The predicted octanol–water partition coefficient (Wildman–Crippen LogP) is 15.8. The summed E-state index contributed by atoms with van der Waals surface area (Å²) in [5.74, 6) is 0. The zero-order chi connectivity index (χ0) is 45.9. The molecule has 16 rings (SSSR count). The van der Waals surface area contributed by atoms with Crippen molar-refractivity contribution in [3.05, 3.63) is 265 Å². The maximum absolute atomic E-state index is 17.4. The number of benzene rings is 11. The van der Waals surface area contributed by atoms with Gasteiger partial charge in [-0.2, -0.15) is 0 Å². The fourth-order valence-electron chi connectivity index (χ4n) is 13.2. The molecule has 0 fully saturated rings.